The van der Waals surface area contributed by atoms with Crippen molar-refractivity contribution in [2.75, 3.05) is 0 Å². The van der Waals surface area contributed by atoms with Gasteiger partial charge in [-0.3, -0.25) is 0 Å². The van der Waals surface area contributed by atoms with Gasteiger partial charge in [-0.05, 0) is 18.2 Å². The molecule has 0 fully saturated rings. The number of halogens is 5. The molecular formula is C11H7BrClF3N2. The molecule has 2 aromatic rings. The maximum absolute atomic E-state index is 12.5. The largest absolute Gasteiger partial charge is 0.434 e. The maximum Gasteiger partial charge on any atom is 0.434 e. The molecule has 0 radical (unpaired) electrons. The number of benzene rings is 1. The molecule has 0 amide bonds. The Hall–Kier alpha value is -1.01. The summed E-state index contributed by atoms with van der Waals surface area (Å²) in [4.78, 5) is 3.59. The van der Waals surface area contributed by atoms with Crippen molar-refractivity contribution in [1.29, 1.82) is 0 Å². The molecule has 2 rings (SSSR count). The Morgan fingerprint density at radius 3 is 2.44 bits per heavy atom. The summed E-state index contributed by atoms with van der Waals surface area (Å²) in [5.41, 5.74) is -0.400. The van der Waals surface area contributed by atoms with Crippen molar-refractivity contribution in [1.82, 2.24) is 9.55 Å². The third-order valence-electron chi connectivity index (χ3n) is 2.29. The minimum atomic E-state index is -4.45. The Balaban J connectivity index is 2.54. The molecule has 18 heavy (non-hydrogen) atoms. The van der Waals surface area contributed by atoms with E-state index in [9.17, 15) is 13.2 Å². The lowest BCUT2D eigenvalue weighted by Crippen LogP contribution is -2.04. The average molecular weight is 340 g/mol. The number of rotatable bonds is 1. The van der Waals surface area contributed by atoms with E-state index in [0.29, 0.717) is 15.1 Å². The molecule has 1 aromatic carbocycles. The fourth-order valence-corrected chi connectivity index (χ4v) is 2.41. The molecule has 1 heterocycles. The highest BCUT2D eigenvalue weighted by Gasteiger charge is 2.34. The predicted octanol–water partition coefficient (Wildman–Crippen LogP) is 4.52. The summed E-state index contributed by atoms with van der Waals surface area (Å²) in [6.07, 6.45) is -3.50. The lowest BCUT2D eigenvalue weighted by Gasteiger charge is -2.03. The van der Waals surface area contributed by atoms with Gasteiger partial charge in [-0.25, -0.2) is 4.98 Å². The zero-order chi connectivity index (χ0) is 13.5. The van der Waals surface area contributed by atoms with E-state index in [0.717, 1.165) is 6.20 Å². The van der Waals surface area contributed by atoms with E-state index >= 15 is 0 Å². The summed E-state index contributed by atoms with van der Waals surface area (Å²) >= 11 is 9.10. The van der Waals surface area contributed by atoms with Crippen molar-refractivity contribution in [3.8, 4) is 11.4 Å². The van der Waals surface area contributed by atoms with Gasteiger partial charge < -0.3 is 4.57 Å². The Morgan fingerprint density at radius 1 is 1.28 bits per heavy atom. The molecule has 0 saturated carbocycles. The molecule has 0 unspecified atom stereocenters. The van der Waals surface area contributed by atoms with E-state index in [1.165, 1.54) is 11.6 Å². The predicted molar refractivity (Wildman–Crippen MR) is 66.4 cm³/mol. The van der Waals surface area contributed by atoms with Crippen molar-refractivity contribution in [3.63, 3.8) is 0 Å². The molecule has 0 aliphatic rings. The molecule has 0 bridgehead atoms. The van der Waals surface area contributed by atoms with Gasteiger partial charge in [0.1, 0.15) is 5.82 Å². The summed E-state index contributed by atoms with van der Waals surface area (Å²) < 4.78 is 39.6. The molecular weight excluding hydrogens is 332 g/mol. The number of aromatic nitrogens is 2. The SMILES string of the molecule is Cn1cc(C(F)(F)F)nc1-c1cc(Cl)cc(Br)c1. The van der Waals surface area contributed by atoms with Crippen molar-refractivity contribution in [3.05, 3.63) is 39.6 Å². The second kappa shape index (κ2) is 4.59. The van der Waals surface area contributed by atoms with Crippen LogP contribution in [0.3, 0.4) is 0 Å². The summed E-state index contributed by atoms with van der Waals surface area (Å²) in [5.74, 6) is 0.213. The minimum absolute atomic E-state index is 0.213. The molecule has 7 heteroatoms. The number of hydrogen-bond acceptors (Lipinski definition) is 1. The molecule has 0 aliphatic carbocycles. The van der Waals surface area contributed by atoms with E-state index in [4.69, 9.17) is 11.6 Å². The van der Waals surface area contributed by atoms with Crippen LogP contribution in [0.25, 0.3) is 11.4 Å². The van der Waals surface area contributed by atoms with E-state index in [-0.39, 0.29) is 5.82 Å². The molecule has 96 valence electrons. The highest BCUT2D eigenvalue weighted by Crippen LogP contribution is 2.32. The van der Waals surface area contributed by atoms with E-state index in [1.54, 1.807) is 18.2 Å². The van der Waals surface area contributed by atoms with Gasteiger partial charge in [0.25, 0.3) is 0 Å². The van der Waals surface area contributed by atoms with E-state index in [1.807, 2.05) is 0 Å². The fourth-order valence-electron chi connectivity index (χ4n) is 1.55. The van der Waals surface area contributed by atoms with Gasteiger partial charge in [0.05, 0.1) is 0 Å². The Morgan fingerprint density at radius 2 is 1.94 bits per heavy atom. The van der Waals surface area contributed by atoms with Gasteiger partial charge >= 0.3 is 6.18 Å². The summed E-state index contributed by atoms with van der Waals surface area (Å²) in [6, 6.07) is 4.88. The van der Waals surface area contributed by atoms with Crippen molar-refractivity contribution in [2.45, 2.75) is 6.18 Å². The lowest BCUT2D eigenvalue weighted by atomic mass is 10.2. The van der Waals surface area contributed by atoms with Crippen LogP contribution in [0.15, 0.2) is 28.9 Å². The molecule has 1 aromatic heterocycles. The van der Waals surface area contributed by atoms with Crippen LogP contribution >= 0.6 is 27.5 Å². The topological polar surface area (TPSA) is 17.8 Å². The highest BCUT2D eigenvalue weighted by atomic mass is 79.9. The zero-order valence-electron chi connectivity index (χ0n) is 9.09. The van der Waals surface area contributed by atoms with Crippen LogP contribution in [-0.2, 0) is 13.2 Å². The molecule has 0 spiro atoms. The molecule has 2 nitrogen and oxygen atoms in total. The summed E-state index contributed by atoms with van der Waals surface area (Å²) in [5, 5.41) is 0.427. The number of aryl methyl sites for hydroxylation is 1. The first kappa shape index (κ1) is 13.4. The molecule has 0 aliphatic heterocycles. The standard InChI is InChI=1S/C11H7BrClF3N2/c1-18-5-9(11(14,15)16)17-10(18)6-2-7(12)4-8(13)3-6/h2-5H,1H3. The normalized spacial score (nSPS) is 11.9. The van der Waals surface area contributed by atoms with Crippen LogP contribution in [0, 0.1) is 0 Å². The van der Waals surface area contributed by atoms with Crippen LogP contribution < -0.4 is 0 Å². The number of nitrogens with zero attached hydrogens (tertiary/aromatic N) is 2. The second-order valence-corrected chi connectivity index (χ2v) is 5.07. The van der Waals surface area contributed by atoms with Gasteiger partial charge in [-0.15, -0.1) is 0 Å². The molecule has 0 N–H and O–H groups in total. The van der Waals surface area contributed by atoms with Crippen LogP contribution in [0.4, 0.5) is 13.2 Å². The molecule has 0 saturated heterocycles. The zero-order valence-corrected chi connectivity index (χ0v) is 11.4. The number of hydrogen-bond donors (Lipinski definition) is 0. The van der Waals surface area contributed by atoms with Gasteiger partial charge in [0.2, 0.25) is 0 Å². The van der Waals surface area contributed by atoms with Gasteiger partial charge in [0.15, 0.2) is 5.69 Å². The first-order chi connectivity index (χ1) is 8.27. The van der Waals surface area contributed by atoms with Crippen LogP contribution in [0.2, 0.25) is 5.02 Å². The van der Waals surface area contributed by atoms with Gasteiger partial charge in [0, 0.05) is 28.3 Å². The third kappa shape index (κ3) is 2.70. The fraction of sp³-hybridized carbons (Fsp3) is 0.182. The minimum Gasteiger partial charge on any atom is -0.333 e. The number of alkyl halides is 3. The highest BCUT2D eigenvalue weighted by molar-refractivity contribution is 9.10. The third-order valence-corrected chi connectivity index (χ3v) is 2.96. The molecule has 0 atom stereocenters. The van der Waals surface area contributed by atoms with Crippen LogP contribution in [0.1, 0.15) is 5.69 Å². The van der Waals surface area contributed by atoms with E-state index < -0.39 is 11.9 Å². The lowest BCUT2D eigenvalue weighted by molar-refractivity contribution is -0.140. The van der Waals surface area contributed by atoms with Gasteiger partial charge in [-0.1, -0.05) is 27.5 Å². The van der Waals surface area contributed by atoms with E-state index in [2.05, 4.69) is 20.9 Å². The van der Waals surface area contributed by atoms with Crippen molar-refractivity contribution in [2.24, 2.45) is 7.05 Å². The monoisotopic (exact) mass is 338 g/mol. The Kier molecular flexibility index (Phi) is 3.42. The van der Waals surface area contributed by atoms with Crippen LogP contribution in [0.5, 0.6) is 0 Å². The number of imidazole rings is 1. The Bertz CT molecular complexity index is 572. The van der Waals surface area contributed by atoms with Crippen LogP contribution in [-0.4, -0.2) is 9.55 Å². The van der Waals surface area contributed by atoms with Crippen molar-refractivity contribution < 1.29 is 13.2 Å². The first-order valence-electron chi connectivity index (χ1n) is 4.84. The Labute approximate surface area is 115 Å². The summed E-state index contributed by atoms with van der Waals surface area (Å²) in [7, 11) is 1.51. The van der Waals surface area contributed by atoms with Crippen molar-refractivity contribution >= 4 is 27.5 Å². The second-order valence-electron chi connectivity index (χ2n) is 3.72. The van der Waals surface area contributed by atoms with Gasteiger partial charge in [-0.2, -0.15) is 13.2 Å². The smallest absolute Gasteiger partial charge is 0.333 e. The average Bonchev–Trinajstić information content (AvgIpc) is 2.58. The first-order valence-corrected chi connectivity index (χ1v) is 6.01. The quantitative estimate of drug-likeness (QED) is 0.747. The maximum atomic E-state index is 12.5. The summed E-state index contributed by atoms with van der Waals surface area (Å²) in [6.45, 7) is 0.